The van der Waals surface area contributed by atoms with Gasteiger partial charge in [-0.25, -0.2) is 4.98 Å². The second-order valence-electron chi connectivity index (χ2n) is 4.81. The molecule has 5 nitrogen and oxygen atoms in total. The molecule has 1 N–H and O–H groups in total. The molecule has 2 amide bonds. The number of piperazine rings is 1. The first-order valence-electron chi connectivity index (χ1n) is 6.00. The standard InChI is InChI=1S/C12H17N3O2S/c1-7(2)10-11(16)14-8(3)12(17)15(10)6-9-13-4-5-18-9/h4-5,7-8,10H,6H2,1-3H3,(H,14,16). The quantitative estimate of drug-likeness (QED) is 0.889. The van der Waals surface area contributed by atoms with E-state index in [1.165, 1.54) is 11.3 Å². The predicted octanol–water partition coefficient (Wildman–Crippen LogP) is 1.01. The molecule has 6 heteroatoms. The summed E-state index contributed by atoms with van der Waals surface area (Å²) in [6.07, 6.45) is 1.71. The lowest BCUT2D eigenvalue weighted by atomic mass is 9.97. The van der Waals surface area contributed by atoms with E-state index in [1.807, 2.05) is 19.2 Å². The van der Waals surface area contributed by atoms with Crippen molar-refractivity contribution < 1.29 is 9.59 Å². The number of thiazole rings is 1. The van der Waals surface area contributed by atoms with Gasteiger partial charge in [-0.15, -0.1) is 11.3 Å². The lowest BCUT2D eigenvalue weighted by molar-refractivity contribution is -0.151. The molecular weight excluding hydrogens is 250 g/mol. The molecule has 1 aromatic heterocycles. The summed E-state index contributed by atoms with van der Waals surface area (Å²) in [7, 11) is 0. The molecule has 18 heavy (non-hydrogen) atoms. The van der Waals surface area contributed by atoms with Crippen LogP contribution in [0.2, 0.25) is 0 Å². The summed E-state index contributed by atoms with van der Waals surface area (Å²) >= 11 is 1.50. The summed E-state index contributed by atoms with van der Waals surface area (Å²) in [6, 6.07) is -0.856. The van der Waals surface area contributed by atoms with Crippen LogP contribution < -0.4 is 5.32 Å². The predicted molar refractivity (Wildman–Crippen MR) is 68.9 cm³/mol. The fourth-order valence-corrected chi connectivity index (χ4v) is 2.82. The molecule has 0 aromatic carbocycles. The molecule has 1 aliphatic rings. The zero-order valence-corrected chi connectivity index (χ0v) is 11.5. The molecule has 1 saturated heterocycles. The third kappa shape index (κ3) is 2.38. The number of hydrogen-bond acceptors (Lipinski definition) is 4. The summed E-state index contributed by atoms with van der Waals surface area (Å²) in [5.41, 5.74) is 0. The Morgan fingerprint density at radius 2 is 2.22 bits per heavy atom. The minimum absolute atomic E-state index is 0.0384. The Kier molecular flexibility index (Phi) is 3.65. The Labute approximate surface area is 110 Å². The van der Waals surface area contributed by atoms with Crippen molar-refractivity contribution in [2.75, 3.05) is 0 Å². The van der Waals surface area contributed by atoms with Gasteiger partial charge in [-0.05, 0) is 12.8 Å². The van der Waals surface area contributed by atoms with Gasteiger partial charge in [0.1, 0.15) is 17.1 Å². The molecule has 98 valence electrons. The van der Waals surface area contributed by atoms with Gasteiger partial charge in [0.15, 0.2) is 0 Å². The van der Waals surface area contributed by atoms with Gasteiger partial charge >= 0.3 is 0 Å². The van der Waals surface area contributed by atoms with Crippen LogP contribution >= 0.6 is 11.3 Å². The maximum Gasteiger partial charge on any atom is 0.245 e. The van der Waals surface area contributed by atoms with Crippen molar-refractivity contribution in [2.45, 2.75) is 39.4 Å². The van der Waals surface area contributed by atoms with Crippen LogP contribution in [-0.2, 0) is 16.1 Å². The summed E-state index contributed by atoms with van der Waals surface area (Å²) in [5, 5.41) is 5.45. The number of nitrogens with one attached hydrogen (secondary N) is 1. The van der Waals surface area contributed by atoms with Crippen LogP contribution in [0.5, 0.6) is 0 Å². The summed E-state index contributed by atoms with van der Waals surface area (Å²) in [6.45, 7) is 6.02. The molecule has 0 spiro atoms. The highest BCUT2D eigenvalue weighted by molar-refractivity contribution is 7.09. The van der Waals surface area contributed by atoms with E-state index in [9.17, 15) is 9.59 Å². The number of nitrogens with zero attached hydrogens (tertiary/aromatic N) is 2. The fraction of sp³-hybridized carbons (Fsp3) is 0.583. The van der Waals surface area contributed by atoms with Gasteiger partial charge in [-0.1, -0.05) is 13.8 Å². The number of amides is 2. The molecule has 1 fully saturated rings. The molecule has 0 aliphatic carbocycles. The van der Waals surface area contributed by atoms with E-state index in [1.54, 1.807) is 18.0 Å². The highest BCUT2D eigenvalue weighted by atomic mass is 32.1. The van der Waals surface area contributed by atoms with Crippen LogP contribution in [0.1, 0.15) is 25.8 Å². The van der Waals surface area contributed by atoms with E-state index in [-0.39, 0.29) is 17.7 Å². The van der Waals surface area contributed by atoms with Crippen molar-refractivity contribution in [2.24, 2.45) is 5.92 Å². The topological polar surface area (TPSA) is 62.3 Å². The smallest absolute Gasteiger partial charge is 0.245 e. The van der Waals surface area contributed by atoms with Crippen LogP contribution in [0.3, 0.4) is 0 Å². The van der Waals surface area contributed by atoms with E-state index in [0.29, 0.717) is 6.54 Å². The van der Waals surface area contributed by atoms with Gasteiger partial charge in [0.2, 0.25) is 11.8 Å². The van der Waals surface area contributed by atoms with E-state index >= 15 is 0 Å². The second-order valence-corrected chi connectivity index (χ2v) is 5.79. The number of hydrogen-bond donors (Lipinski definition) is 1. The minimum atomic E-state index is -0.451. The Bertz CT molecular complexity index is 444. The first kappa shape index (κ1) is 13.0. The van der Waals surface area contributed by atoms with Gasteiger partial charge in [0, 0.05) is 11.6 Å². The average molecular weight is 267 g/mol. The van der Waals surface area contributed by atoms with E-state index < -0.39 is 12.1 Å². The van der Waals surface area contributed by atoms with Gasteiger partial charge in [-0.2, -0.15) is 0 Å². The first-order chi connectivity index (χ1) is 8.50. The zero-order valence-electron chi connectivity index (χ0n) is 10.7. The van der Waals surface area contributed by atoms with E-state index in [0.717, 1.165) is 5.01 Å². The molecule has 0 saturated carbocycles. The van der Waals surface area contributed by atoms with Crippen molar-refractivity contribution in [1.82, 2.24) is 15.2 Å². The fourth-order valence-electron chi connectivity index (χ4n) is 2.20. The first-order valence-corrected chi connectivity index (χ1v) is 6.88. The van der Waals surface area contributed by atoms with Crippen LogP contribution in [0.4, 0.5) is 0 Å². The third-order valence-corrected chi connectivity index (χ3v) is 3.80. The van der Waals surface area contributed by atoms with Crippen LogP contribution in [0, 0.1) is 5.92 Å². The molecule has 0 bridgehead atoms. The van der Waals surface area contributed by atoms with E-state index in [4.69, 9.17) is 0 Å². The maximum absolute atomic E-state index is 12.2. The van der Waals surface area contributed by atoms with Crippen molar-refractivity contribution in [3.8, 4) is 0 Å². The lowest BCUT2D eigenvalue weighted by Crippen LogP contribution is -2.63. The molecule has 2 unspecified atom stereocenters. The molecule has 0 radical (unpaired) electrons. The van der Waals surface area contributed by atoms with Crippen molar-refractivity contribution in [3.05, 3.63) is 16.6 Å². The molecular formula is C12H17N3O2S. The van der Waals surface area contributed by atoms with Crippen LogP contribution in [-0.4, -0.2) is 33.8 Å². The Morgan fingerprint density at radius 3 is 2.78 bits per heavy atom. The monoisotopic (exact) mass is 267 g/mol. The molecule has 1 aromatic rings. The van der Waals surface area contributed by atoms with Crippen LogP contribution in [0.15, 0.2) is 11.6 Å². The third-order valence-electron chi connectivity index (χ3n) is 3.04. The van der Waals surface area contributed by atoms with Crippen molar-refractivity contribution in [1.29, 1.82) is 0 Å². The van der Waals surface area contributed by atoms with Gasteiger partial charge in [0.05, 0.1) is 6.54 Å². The average Bonchev–Trinajstić information content (AvgIpc) is 2.77. The maximum atomic E-state index is 12.2. The SMILES string of the molecule is CC1NC(=O)C(C(C)C)N(Cc2nccs2)C1=O. The highest BCUT2D eigenvalue weighted by Crippen LogP contribution is 2.20. The Balaban J connectivity index is 2.25. The highest BCUT2D eigenvalue weighted by Gasteiger charge is 2.40. The van der Waals surface area contributed by atoms with Gasteiger partial charge < -0.3 is 10.2 Å². The van der Waals surface area contributed by atoms with Gasteiger partial charge in [0.25, 0.3) is 0 Å². The summed E-state index contributed by atoms with van der Waals surface area (Å²) in [4.78, 5) is 30.0. The summed E-state index contributed by atoms with van der Waals surface area (Å²) < 4.78 is 0. The molecule has 2 heterocycles. The number of rotatable bonds is 3. The zero-order chi connectivity index (χ0) is 13.3. The normalized spacial score (nSPS) is 24.6. The second kappa shape index (κ2) is 5.06. The van der Waals surface area contributed by atoms with Crippen LogP contribution in [0.25, 0.3) is 0 Å². The summed E-state index contributed by atoms with van der Waals surface area (Å²) in [5.74, 6) is -0.0291. The van der Waals surface area contributed by atoms with Crippen molar-refractivity contribution >= 4 is 23.2 Å². The number of carbonyl (C=O) groups excluding carboxylic acids is 2. The molecule has 2 rings (SSSR count). The molecule has 2 atom stereocenters. The van der Waals surface area contributed by atoms with Crippen molar-refractivity contribution in [3.63, 3.8) is 0 Å². The molecule has 1 aliphatic heterocycles. The van der Waals surface area contributed by atoms with E-state index in [2.05, 4.69) is 10.3 Å². The number of aromatic nitrogens is 1. The lowest BCUT2D eigenvalue weighted by Gasteiger charge is -2.39. The Morgan fingerprint density at radius 1 is 1.50 bits per heavy atom. The largest absolute Gasteiger partial charge is 0.343 e. The van der Waals surface area contributed by atoms with Gasteiger partial charge in [-0.3, -0.25) is 9.59 Å². The number of carbonyl (C=O) groups is 2. The minimum Gasteiger partial charge on any atom is -0.343 e. The Hall–Kier alpha value is -1.43.